The Morgan fingerprint density at radius 2 is 1.61 bits per heavy atom. The standard InChI is InChI=1S/C17H16Cl2N2O2/c1-2-11-3-6-13(7-4-11)20-16(22)10-17(23)21-15-9-12(18)5-8-14(15)19/h3-9H,2,10H2,1H3,(H,20,22)(H,21,23). The van der Waals surface area contributed by atoms with Crippen LogP contribution in [0.5, 0.6) is 0 Å². The molecule has 0 radical (unpaired) electrons. The van der Waals surface area contributed by atoms with E-state index in [0.717, 1.165) is 6.42 Å². The van der Waals surface area contributed by atoms with Crippen LogP contribution in [0.1, 0.15) is 18.9 Å². The molecule has 0 saturated carbocycles. The van der Waals surface area contributed by atoms with E-state index in [1.54, 1.807) is 12.1 Å². The molecule has 0 unspecified atom stereocenters. The maximum atomic E-state index is 11.9. The van der Waals surface area contributed by atoms with Gasteiger partial charge < -0.3 is 10.6 Å². The predicted molar refractivity (Wildman–Crippen MR) is 94.2 cm³/mol. The fraction of sp³-hybridized carbons (Fsp3) is 0.176. The molecule has 4 nitrogen and oxygen atoms in total. The zero-order valence-corrected chi connectivity index (χ0v) is 14.0. The van der Waals surface area contributed by atoms with Crippen molar-refractivity contribution in [2.75, 3.05) is 10.6 Å². The monoisotopic (exact) mass is 350 g/mol. The second-order valence-corrected chi connectivity index (χ2v) is 5.79. The lowest BCUT2D eigenvalue weighted by molar-refractivity contribution is -0.123. The van der Waals surface area contributed by atoms with Gasteiger partial charge in [0.2, 0.25) is 11.8 Å². The summed E-state index contributed by atoms with van der Waals surface area (Å²) in [5.74, 6) is -0.859. The Hall–Kier alpha value is -2.04. The number of carbonyl (C=O) groups excluding carboxylic acids is 2. The van der Waals surface area contributed by atoms with Crippen LogP contribution in [-0.4, -0.2) is 11.8 Å². The smallest absolute Gasteiger partial charge is 0.233 e. The molecule has 120 valence electrons. The quantitative estimate of drug-likeness (QED) is 0.778. The van der Waals surface area contributed by atoms with Crippen molar-refractivity contribution in [1.29, 1.82) is 0 Å². The van der Waals surface area contributed by atoms with Gasteiger partial charge in [0.25, 0.3) is 0 Å². The highest BCUT2D eigenvalue weighted by Gasteiger charge is 2.12. The van der Waals surface area contributed by atoms with Gasteiger partial charge in [0.05, 0.1) is 10.7 Å². The first-order valence-electron chi connectivity index (χ1n) is 7.11. The third-order valence-corrected chi connectivity index (χ3v) is 3.73. The normalized spacial score (nSPS) is 10.2. The molecule has 0 heterocycles. The second kappa shape index (κ2) is 7.99. The van der Waals surface area contributed by atoms with E-state index in [0.29, 0.717) is 21.4 Å². The molecular formula is C17H16Cl2N2O2. The van der Waals surface area contributed by atoms with Crippen molar-refractivity contribution >= 4 is 46.4 Å². The van der Waals surface area contributed by atoms with Gasteiger partial charge in [-0.25, -0.2) is 0 Å². The largest absolute Gasteiger partial charge is 0.326 e. The minimum Gasteiger partial charge on any atom is -0.326 e. The zero-order chi connectivity index (χ0) is 16.8. The number of rotatable bonds is 5. The van der Waals surface area contributed by atoms with Gasteiger partial charge in [0, 0.05) is 10.7 Å². The van der Waals surface area contributed by atoms with E-state index in [2.05, 4.69) is 17.6 Å². The van der Waals surface area contributed by atoms with E-state index in [1.807, 2.05) is 24.3 Å². The summed E-state index contributed by atoms with van der Waals surface area (Å²) in [4.78, 5) is 23.8. The first-order chi connectivity index (χ1) is 11.0. The van der Waals surface area contributed by atoms with Gasteiger partial charge >= 0.3 is 0 Å². The van der Waals surface area contributed by atoms with Crippen molar-refractivity contribution in [1.82, 2.24) is 0 Å². The van der Waals surface area contributed by atoms with E-state index in [1.165, 1.54) is 11.6 Å². The molecule has 2 amide bonds. The molecule has 0 fully saturated rings. The summed E-state index contributed by atoms with van der Waals surface area (Å²) in [5, 5.41) is 6.06. The topological polar surface area (TPSA) is 58.2 Å². The summed E-state index contributed by atoms with van der Waals surface area (Å²) in [5.41, 5.74) is 2.21. The van der Waals surface area contributed by atoms with Crippen LogP contribution in [0.15, 0.2) is 42.5 Å². The Labute approximate surface area is 144 Å². The van der Waals surface area contributed by atoms with Crippen molar-refractivity contribution < 1.29 is 9.59 Å². The van der Waals surface area contributed by atoms with Crippen LogP contribution in [0.4, 0.5) is 11.4 Å². The van der Waals surface area contributed by atoms with Crippen molar-refractivity contribution in [3.05, 3.63) is 58.1 Å². The molecule has 2 N–H and O–H groups in total. The number of halogens is 2. The van der Waals surface area contributed by atoms with Crippen LogP contribution < -0.4 is 10.6 Å². The minimum absolute atomic E-state index is 0.307. The van der Waals surface area contributed by atoms with Gasteiger partial charge in [-0.15, -0.1) is 0 Å². The van der Waals surface area contributed by atoms with Crippen LogP contribution in [-0.2, 0) is 16.0 Å². The SMILES string of the molecule is CCc1ccc(NC(=O)CC(=O)Nc2cc(Cl)ccc2Cl)cc1. The minimum atomic E-state index is -0.461. The molecule has 23 heavy (non-hydrogen) atoms. The third kappa shape index (κ3) is 5.27. The van der Waals surface area contributed by atoms with Gasteiger partial charge in [-0.2, -0.15) is 0 Å². The van der Waals surface area contributed by atoms with E-state index in [4.69, 9.17) is 23.2 Å². The fourth-order valence-corrected chi connectivity index (χ4v) is 2.30. The molecule has 2 aromatic carbocycles. The molecule has 0 aliphatic heterocycles. The van der Waals surface area contributed by atoms with Crippen molar-refractivity contribution in [3.63, 3.8) is 0 Å². The molecule has 2 rings (SSSR count). The summed E-state index contributed by atoms with van der Waals surface area (Å²) >= 11 is 11.8. The zero-order valence-electron chi connectivity index (χ0n) is 12.5. The van der Waals surface area contributed by atoms with E-state index in [9.17, 15) is 9.59 Å². The van der Waals surface area contributed by atoms with Crippen LogP contribution in [0.25, 0.3) is 0 Å². The number of hydrogen-bond acceptors (Lipinski definition) is 2. The maximum absolute atomic E-state index is 11.9. The molecule has 2 aromatic rings. The Bertz CT molecular complexity index is 715. The van der Waals surface area contributed by atoms with Crippen LogP contribution in [0, 0.1) is 0 Å². The highest BCUT2D eigenvalue weighted by atomic mass is 35.5. The lowest BCUT2D eigenvalue weighted by Gasteiger charge is -2.08. The summed E-state index contributed by atoms with van der Waals surface area (Å²) in [6.07, 6.45) is 0.620. The highest BCUT2D eigenvalue weighted by Crippen LogP contribution is 2.25. The van der Waals surface area contributed by atoms with Gasteiger partial charge in [-0.05, 0) is 42.3 Å². The van der Waals surface area contributed by atoms with Crippen molar-refractivity contribution in [2.45, 2.75) is 19.8 Å². The molecule has 0 spiro atoms. The number of amides is 2. The summed E-state index contributed by atoms with van der Waals surface area (Å²) in [6.45, 7) is 2.05. The van der Waals surface area contributed by atoms with Crippen LogP contribution in [0.2, 0.25) is 10.0 Å². The number of hydrogen-bond donors (Lipinski definition) is 2. The number of anilines is 2. The summed E-state index contributed by atoms with van der Waals surface area (Å²) in [7, 11) is 0. The molecule has 6 heteroatoms. The van der Waals surface area contributed by atoms with Crippen molar-refractivity contribution in [3.8, 4) is 0 Å². The lowest BCUT2D eigenvalue weighted by atomic mass is 10.1. The number of aryl methyl sites for hydroxylation is 1. The van der Waals surface area contributed by atoms with Crippen LogP contribution in [0.3, 0.4) is 0 Å². The summed E-state index contributed by atoms with van der Waals surface area (Å²) < 4.78 is 0. The lowest BCUT2D eigenvalue weighted by Crippen LogP contribution is -2.21. The molecule has 0 bridgehead atoms. The van der Waals surface area contributed by atoms with Crippen LogP contribution >= 0.6 is 23.2 Å². The summed E-state index contributed by atoms with van der Waals surface area (Å²) in [6, 6.07) is 12.2. The molecule has 0 aromatic heterocycles. The number of benzene rings is 2. The Morgan fingerprint density at radius 1 is 0.957 bits per heavy atom. The molecule has 0 atom stereocenters. The number of nitrogens with one attached hydrogen (secondary N) is 2. The molecule has 0 aliphatic rings. The van der Waals surface area contributed by atoms with E-state index in [-0.39, 0.29) is 6.42 Å². The molecule has 0 saturated heterocycles. The molecule has 0 aliphatic carbocycles. The average molecular weight is 351 g/mol. The second-order valence-electron chi connectivity index (χ2n) is 4.95. The Kier molecular flexibility index (Phi) is 6.02. The van der Waals surface area contributed by atoms with Gasteiger partial charge in [0.15, 0.2) is 0 Å². The van der Waals surface area contributed by atoms with Gasteiger partial charge in [-0.1, -0.05) is 42.3 Å². The van der Waals surface area contributed by atoms with E-state index >= 15 is 0 Å². The molecular weight excluding hydrogens is 335 g/mol. The third-order valence-electron chi connectivity index (χ3n) is 3.17. The highest BCUT2D eigenvalue weighted by molar-refractivity contribution is 6.35. The van der Waals surface area contributed by atoms with Crippen molar-refractivity contribution in [2.24, 2.45) is 0 Å². The Morgan fingerprint density at radius 3 is 2.26 bits per heavy atom. The predicted octanol–water partition coefficient (Wildman–Crippen LogP) is 4.52. The average Bonchev–Trinajstić information content (AvgIpc) is 2.51. The fourth-order valence-electron chi connectivity index (χ4n) is 1.96. The first-order valence-corrected chi connectivity index (χ1v) is 7.87. The van der Waals surface area contributed by atoms with E-state index < -0.39 is 11.8 Å². The Balaban J connectivity index is 1.91. The number of carbonyl (C=O) groups is 2. The van der Waals surface area contributed by atoms with Gasteiger partial charge in [0.1, 0.15) is 6.42 Å². The first kappa shape index (κ1) is 17.3. The van der Waals surface area contributed by atoms with Gasteiger partial charge in [-0.3, -0.25) is 9.59 Å². The maximum Gasteiger partial charge on any atom is 0.233 e.